The predicted octanol–water partition coefficient (Wildman–Crippen LogP) is -0.216. The summed E-state index contributed by atoms with van der Waals surface area (Å²) in [5.41, 5.74) is 0.965. The number of phenols is 1. The van der Waals surface area contributed by atoms with Gasteiger partial charge in [0.25, 0.3) is 5.91 Å². The van der Waals surface area contributed by atoms with Gasteiger partial charge in [-0.1, -0.05) is 6.07 Å². The van der Waals surface area contributed by atoms with Crippen molar-refractivity contribution in [3.63, 3.8) is 0 Å². The first-order valence-corrected chi connectivity index (χ1v) is 4.90. The van der Waals surface area contributed by atoms with E-state index < -0.39 is 11.9 Å². The van der Waals surface area contributed by atoms with Crippen LogP contribution in [0.15, 0.2) is 18.2 Å². The zero-order valence-corrected chi connectivity index (χ0v) is 8.97. The van der Waals surface area contributed by atoms with E-state index in [0.29, 0.717) is 5.56 Å². The fourth-order valence-corrected chi connectivity index (χ4v) is 1.17. The summed E-state index contributed by atoms with van der Waals surface area (Å²) in [6, 6.07) is 3.85. The summed E-state index contributed by atoms with van der Waals surface area (Å²) in [5.74, 6) is -0.402. The molecule has 4 N–H and O–H groups in total. The van der Waals surface area contributed by atoms with Gasteiger partial charge in [-0.05, 0) is 24.6 Å². The van der Waals surface area contributed by atoms with Crippen molar-refractivity contribution in [3.05, 3.63) is 29.3 Å². The van der Waals surface area contributed by atoms with Crippen LogP contribution in [0.25, 0.3) is 0 Å². The number of aliphatic hydroxyl groups excluding tert-OH is 2. The zero-order chi connectivity index (χ0) is 12.1. The van der Waals surface area contributed by atoms with Gasteiger partial charge < -0.3 is 20.6 Å². The van der Waals surface area contributed by atoms with Gasteiger partial charge in [0.15, 0.2) is 0 Å². The Hall–Kier alpha value is -1.59. The number of hydrogen-bond acceptors (Lipinski definition) is 4. The van der Waals surface area contributed by atoms with Gasteiger partial charge >= 0.3 is 0 Å². The van der Waals surface area contributed by atoms with Crippen LogP contribution < -0.4 is 5.32 Å². The molecule has 0 spiro atoms. The number of nitrogens with one attached hydrogen (secondary N) is 1. The molecule has 16 heavy (non-hydrogen) atoms. The van der Waals surface area contributed by atoms with Crippen LogP contribution >= 0.6 is 0 Å². The molecule has 0 aromatic heterocycles. The maximum atomic E-state index is 11.6. The molecule has 0 saturated heterocycles. The van der Waals surface area contributed by atoms with Crippen molar-refractivity contribution in [3.8, 4) is 5.75 Å². The van der Waals surface area contributed by atoms with Crippen LogP contribution in [-0.4, -0.2) is 40.5 Å². The molecular weight excluding hydrogens is 210 g/mol. The predicted molar refractivity (Wildman–Crippen MR) is 58.3 cm³/mol. The molecule has 5 heteroatoms. The van der Waals surface area contributed by atoms with E-state index in [1.165, 1.54) is 6.07 Å². The number of amides is 1. The van der Waals surface area contributed by atoms with E-state index in [1.807, 2.05) is 0 Å². The number of aryl methyl sites for hydroxylation is 1. The number of benzene rings is 1. The van der Waals surface area contributed by atoms with E-state index in [4.69, 9.17) is 10.2 Å². The van der Waals surface area contributed by atoms with Gasteiger partial charge in [-0.15, -0.1) is 0 Å². The van der Waals surface area contributed by atoms with Crippen LogP contribution in [0.4, 0.5) is 0 Å². The second-order valence-corrected chi connectivity index (χ2v) is 3.54. The fraction of sp³-hybridized carbons (Fsp3) is 0.364. The Balaban J connectivity index is 2.76. The largest absolute Gasteiger partial charge is 0.508 e. The van der Waals surface area contributed by atoms with Crippen molar-refractivity contribution in [1.82, 2.24) is 5.32 Å². The Morgan fingerprint density at radius 2 is 2.00 bits per heavy atom. The second-order valence-electron chi connectivity index (χ2n) is 3.54. The summed E-state index contributed by atoms with van der Waals surface area (Å²) in [6.07, 6.45) is 0. The molecule has 0 radical (unpaired) electrons. The molecule has 1 aromatic carbocycles. The first kappa shape index (κ1) is 12.5. The van der Waals surface area contributed by atoms with Crippen molar-refractivity contribution in [2.24, 2.45) is 0 Å². The fourth-order valence-electron chi connectivity index (χ4n) is 1.17. The molecule has 0 atom stereocenters. The Kier molecular flexibility index (Phi) is 4.28. The zero-order valence-electron chi connectivity index (χ0n) is 8.97. The molecule has 0 heterocycles. The summed E-state index contributed by atoms with van der Waals surface area (Å²) in [4.78, 5) is 11.6. The van der Waals surface area contributed by atoms with Crippen LogP contribution in [0, 0.1) is 6.92 Å². The van der Waals surface area contributed by atoms with Crippen LogP contribution in [0.2, 0.25) is 0 Å². The SMILES string of the molecule is Cc1ccc(C(=O)NC(CO)CO)cc1O. The number of hydrogen-bond donors (Lipinski definition) is 4. The van der Waals surface area contributed by atoms with E-state index >= 15 is 0 Å². The molecule has 0 unspecified atom stereocenters. The molecule has 1 amide bonds. The Morgan fingerprint density at radius 1 is 1.38 bits per heavy atom. The van der Waals surface area contributed by atoms with Crippen molar-refractivity contribution in [2.45, 2.75) is 13.0 Å². The van der Waals surface area contributed by atoms with Gasteiger partial charge in [0, 0.05) is 5.56 Å². The van der Waals surface area contributed by atoms with E-state index in [2.05, 4.69) is 5.32 Å². The molecule has 0 bridgehead atoms. The number of rotatable bonds is 4. The lowest BCUT2D eigenvalue weighted by molar-refractivity contribution is 0.0879. The van der Waals surface area contributed by atoms with Crippen LogP contribution in [0.5, 0.6) is 5.75 Å². The van der Waals surface area contributed by atoms with Crippen molar-refractivity contribution in [2.75, 3.05) is 13.2 Å². The van der Waals surface area contributed by atoms with Gasteiger partial charge in [0.05, 0.1) is 19.3 Å². The third-order valence-electron chi connectivity index (χ3n) is 2.25. The quantitative estimate of drug-likeness (QED) is 0.570. The average molecular weight is 225 g/mol. The topological polar surface area (TPSA) is 89.8 Å². The highest BCUT2D eigenvalue weighted by Crippen LogP contribution is 2.17. The van der Waals surface area contributed by atoms with Gasteiger partial charge in [-0.3, -0.25) is 4.79 Å². The summed E-state index contributed by atoms with van der Waals surface area (Å²) in [5, 5.41) is 29.4. The minimum Gasteiger partial charge on any atom is -0.508 e. The van der Waals surface area contributed by atoms with Crippen LogP contribution in [0.1, 0.15) is 15.9 Å². The summed E-state index contributed by atoms with van der Waals surface area (Å²) >= 11 is 0. The van der Waals surface area contributed by atoms with Gasteiger partial charge in [-0.25, -0.2) is 0 Å². The van der Waals surface area contributed by atoms with E-state index in [9.17, 15) is 9.90 Å². The Morgan fingerprint density at radius 3 is 2.50 bits per heavy atom. The smallest absolute Gasteiger partial charge is 0.251 e. The lowest BCUT2D eigenvalue weighted by Gasteiger charge is -2.13. The van der Waals surface area contributed by atoms with Crippen molar-refractivity contribution in [1.29, 1.82) is 0 Å². The monoisotopic (exact) mass is 225 g/mol. The van der Waals surface area contributed by atoms with Gasteiger partial charge in [0.2, 0.25) is 0 Å². The maximum absolute atomic E-state index is 11.6. The van der Waals surface area contributed by atoms with E-state index in [1.54, 1.807) is 19.1 Å². The minimum atomic E-state index is -0.684. The molecule has 1 rings (SSSR count). The second kappa shape index (κ2) is 5.48. The molecule has 0 fully saturated rings. The van der Waals surface area contributed by atoms with Gasteiger partial charge in [-0.2, -0.15) is 0 Å². The van der Waals surface area contributed by atoms with Crippen LogP contribution in [0.3, 0.4) is 0 Å². The summed E-state index contributed by atoms with van der Waals surface area (Å²) < 4.78 is 0. The molecule has 5 nitrogen and oxygen atoms in total. The molecule has 1 aromatic rings. The van der Waals surface area contributed by atoms with Crippen LogP contribution in [-0.2, 0) is 0 Å². The molecule has 0 aliphatic heterocycles. The first-order chi connectivity index (χ1) is 7.58. The number of carbonyl (C=O) groups excluding carboxylic acids is 1. The van der Waals surface area contributed by atoms with E-state index in [-0.39, 0.29) is 24.5 Å². The highest BCUT2D eigenvalue weighted by molar-refractivity contribution is 5.94. The molecule has 0 aliphatic rings. The van der Waals surface area contributed by atoms with Gasteiger partial charge in [0.1, 0.15) is 5.75 Å². The standard InChI is InChI=1S/C11H15NO4/c1-7-2-3-8(4-10(7)15)11(16)12-9(5-13)6-14/h2-4,9,13-15H,5-6H2,1H3,(H,12,16). The number of aromatic hydroxyl groups is 1. The third-order valence-corrected chi connectivity index (χ3v) is 2.25. The lowest BCUT2D eigenvalue weighted by Crippen LogP contribution is -2.40. The molecular formula is C11H15NO4. The highest BCUT2D eigenvalue weighted by atomic mass is 16.3. The molecule has 0 saturated carbocycles. The third kappa shape index (κ3) is 2.95. The Labute approximate surface area is 93.4 Å². The minimum absolute atomic E-state index is 0.0391. The summed E-state index contributed by atoms with van der Waals surface area (Å²) in [7, 11) is 0. The highest BCUT2D eigenvalue weighted by Gasteiger charge is 2.12. The molecule has 88 valence electrons. The lowest BCUT2D eigenvalue weighted by atomic mass is 10.1. The van der Waals surface area contributed by atoms with E-state index in [0.717, 1.165) is 0 Å². The number of carbonyl (C=O) groups is 1. The number of phenolic OH excluding ortho intramolecular Hbond substituents is 1. The van der Waals surface area contributed by atoms with Crippen molar-refractivity contribution < 1.29 is 20.1 Å². The Bertz CT molecular complexity index is 374. The van der Waals surface area contributed by atoms with Crippen molar-refractivity contribution >= 4 is 5.91 Å². The normalized spacial score (nSPS) is 10.5. The molecule has 0 aliphatic carbocycles. The first-order valence-electron chi connectivity index (χ1n) is 4.90. The average Bonchev–Trinajstić information content (AvgIpc) is 2.29. The number of aliphatic hydroxyl groups is 2. The maximum Gasteiger partial charge on any atom is 0.251 e. The summed E-state index contributed by atoms with van der Waals surface area (Å²) in [6.45, 7) is 1.06.